The molecular weight excluding hydrogens is 438 g/mol. The number of aliphatic hydroxyl groups is 1. The lowest BCUT2D eigenvalue weighted by atomic mass is 9.99. The molecule has 3 heterocycles. The Hall–Kier alpha value is -2.69. The lowest BCUT2D eigenvalue weighted by Gasteiger charge is -2.42. The van der Waals surface area contributed by atoms with Crippen LogP contribution < -0.4 is 4.90 Å². The molecule has 7 nitrogen and oxygen atoms in total. The highest BCUT2D eigenvalue weighted by molar-refractivity contribution is 6.29. The zero-order valence-electron chi connectivity index (χ0n) is 18.6. The van der Waals surface area contributed by atoms with E-state index in [1.54, 1.807) is 6.20 Å². The van der Waals surface area contributed by atoms with Crippen molar-refractivity contribution in [2.24, 2.45) is 5.92 Å². The van der Waals surface area contributed by atoms with Crippen molar-refractivity contribution in [3.05, 3.63) is 51.9 Å². The summed E-state index contributed by atoms with van der Waals surface area (Å²) >= 11 is 6.08. The van der Waals surface area contributed by atoms with Gasteiger partial charge in [-0.2, -0.15) is 5.26 Å². The van der Waals surface area contributed by atoms with Crippen molar-refractivity contribution >= 4 is 23.3 Å². The molecule has 8 heteroatoms. The van der Waals surface area contributed by atoms with Crippen molar-refractivity contribution in [1.82, 2.24) is 14.9 Å². The monoisotopic (exact) mass is 465 g/mol. The summed E-state index contributed by atoms with van der Waals surface area (Å²) in [6, 6.07) is 8.31. The Labute approximate surface area is 199 Å². The Balaban J connectivity index is 1.44. The maximum absolute atomic E-state index is 12.6. The van der Waals surface area contributed by atoms with Crippen LogP contribution >= 0.6 is 11.6 Å². The summed E-state index contributed by atoms with van der Waals surface area (Å²) in [7, 11) is 0. The highest BCUT2D eigenvalue weighted by Gasteiger charge is 2.41. The van der Waals surface area contributed by atoms with E-state index in [2.05, 4.69) is 16.0 Å². The van der Waals surface area contributed by atoms with Crippen LogP contribution in [0.1, 0.15) is 60.4 Å². The first-order valence-corrected chi connectivity index (χ1v) is 12.1. The predicted molar refractivity (Wildman–Crippen MR) is 125 cm³/mol. The number of carbonyl (C=O) groups is 1. The zero-order valence-corrected chi connectivity index (χ0v) is 19.3. The maximum Gasteiger partial charge on any atom is 0.225 e. The van der Waals surface area contributed by atoms with Crippen LogP contribution in [0.25, 0.3) is 0 Å². The van der Waals surface area contributed by atoms with Crippen LogP contribution in [0, 0.1) is 17.2 Å². The molecule has 0 spiro atoms. The van der Waals surface area contributed by atoms with Crippen molar-refractivity contribution in [2.75, 3.05) is 31.1 Å². The standard InChI is InChI=1S/C25H28ClN5O2/c26-22-12-16(5-7-28-22)11-19-13-20(14-27)25(29-24(19)18-3-4-18)30-8-9-31(23(33)6-10-32)21(15-30)17-1-2-17/h5,7,12-13,17-18,21,32H,1-4,6,8-11,15H2. The van der Waals surface area contributed by atoms with Gasteiger partial charge in [0, 0.05) is 43.9 Å². The van der Waals surface area contributed by atoms with Gasteiger partial charge >= 0.3 is 0 Å². The maximum atomic E-state index is 12.6. The van der Waals surface area contributed by atoms with Crippen molar-refractivity contribution < 1.29 is 9.90 Å². The molecule has 5 rings (SSSR count). The molecule has 1 N–H and O–H groups in total. The molecule has 3 fully saturated rings. The number of nitriles is 1. The van der Waals surface area contributed by atoms with Gasteiger partial charge in [-0.05, 0) is 67.3 Å². The molecule has 1 aliphatic heterocycles. The first kappa shape index (κ1) is 22.1. The minimum absolute atomic E-state index is 0.0209. The lowest BCUT2D eigenvalue weighted by molar-refractivity contribution is -0.135. The average Bonchev–Trinajstić information content (AvgIpc) is 3.71. The summed E-state index contributed by atoms with van der Waals surface area (Å²) < 4.78 is 0. The van der Waals surface area contributed by atoms with Crippen LogP contribution in [-0.2, 0) is 11.2 Å². The number of rotatable bonds is 7. The van der Waals surface area contributed by atoms with Crippen LogP contribution in [0.2, 0.25) is 5.15 Å². The van der Waals surface area contributed by atoms with Crippen LogP contribution in [0.5, 0.6) is 0 Å². The summed E-state index contributed by atoms with van der Waals surface area (Å²) in [6.45, 7) is 1.81. The molecule has 3 aliphatic rings. The summed E-state index contributed by atoms with van der Waals surface area (Å²) in [5.74, 6) is 1.71. The Morgan fingerprint density at radius 2 is 2.06 bits per heavy atom. The number of amides is 1. The van der Waals surface area contributed by atoms with E-state index in [0.29, 0.717) is 48.6 Å². The zero-order chi connectivity index (χ0) is 22.9. The van der Waals surface area contributed by atoms with Crippen molar-refractivity contribution in [1.29, 1.82) is 5.26 Å². The summed E-state index contributed by atoms with van der Waals surface area (Å²) in [4.78, 5) is 25.9. The van der Waals surface area contributed by atoms with Gasteiger partial charge in [0.1, 0.15) is 17.0 Å². The molecule has 0 bridgehead atoms. The summed E-state index contributed by atoms with van der Waals surface area (Å²) in [5.41, 5.74) is 3.80. The Bertz CT molecular complexity index is 1090. The van der Waals surface area contributed by atoms with Crippen molar-refractivity contribution in [2.45, 2.75) is 50.5 Å². The van der Waals surface area contributed by atoms with E-state index in [1.807, 2.05) is 23.1 Å². The molecule has 2 saturated carbocycles. The third-order valence-corrected chi connectivity index (χ3v) is 7.12. The summed E-state index contributed by atoms with van der Waals surface area (Å²) in [6.07, 6.45) is 7.04. The molecule has 2 aliphatic carbocycles. The van der Waals surface area contributed by atoms with E-state index in [-0.39, 0.29) is 25.0 Å². The quantitative estimate of drug-likeness (QED) is 0.631. The first-order valence-electron chi connectivity index (χ1n) is 11.8. The van der Waals surface area contributed by atoms with Gasteiger partial charge in [-0.15, -0.1) is 0 Å². The van der Waals surface area contributed by atoms with Gasteiger partial charge in [-0.25, -0.2) is 9.97 Å². The molecule has 1 amide bonds. The van der Waals surface area contributed by atoms with Gasteiger partial charge in [-0.1, -0.05) is 11.6 Å². The van der Waals surface area contributed by atoms with Gasteiger partial charge in [0.05, 0.1) is 18.2 Å². The number of piperazine rings is 1. The van der Waals surface area contributed by atoms with Crippen LogP contribution in [-0.4, -0.2) is 58.2 Å². The van der Waals surface area contributed by atoms with Gasteiger partial charge in [0.25, 0.3) is 0 Å². The molecule has 2 aromatic rings. The molecule has 1 atom stereocenters. The summed E-state index contributed by atoms with van der Waals surface area (Å²) in [5, 5.41) is 19.7. The largest absolute Gasteiger partial charge is 0.396 e. The van der Waals surface area contributed by atoms with Crippen LogP contribution in [0.15, 0.2) is 24.4 Å². The third kappa shape index (κ3) is 4.83. The Morgan fingerprint density at radius 3 is 2.73 bits per heavy atom. The number of pyridine rings is 2. The second kappa shape index (κ2) is 9.28. The van der Waals surface area contributed by atoms with E-state index in [9.17, 15) is 15.2 Å². The van der Waals surface area contributed by atoms with Gasteiger partial charge in [0.2, 0.25) is 5.91 Å². The smallest absolute Gasteiger partial charge is 0.225 e. The number of hydrogen-bond acceptors (Lipinski definition) is 6. The number of nitrogens with zero attached hydrogens (tertiary/aromatic N) is 5. The Kier molecular flexibility index (Phi) is 6.22. The molecule has 0 aromatic carbocycles. The molecule has 0 radical (unpaired) electrons. The van der Waals surface area contributed by atoms with E-state index < -0.39 is 0 Å². The van der Waals surface area contributed by atoms with Crippen LogP contribution in [0.4, 0.5) is 5.82 Å². The van der Waals surface area contributed by atoms with E-state index in [0.717, 1.165) is 48.3 Å². The SMILES string of the molecule is N#Cc1cc(Cc2ccnc(Cl)c2)c(C2CC2)nc1N1CCN(C(=O)CCO)C(C2CC2)C1. The number of halogens is 1. The minimum atomic E-state index is -0.120. The molecule has 2 aromatic heterocycles. The Morgan fingerprint density at radius 1 is 1.24 bits per heavy atom. The number of aliphatic hydroxyl groups excluding tert-OH is 1. The fourth-order valence-corrected chi connectivity index (χ4v) is 5.14. The molecule has 33 heavy (non-hydrogen) atoms. The second-order valence-corrected chi connectivity index (χ2v) is 9.75. The van der Waals surface area contributed by atoms with Gasteiger partial charge in [0.15, 0.2) is 0 Å². The van der Waals surface area contributed by atoms with E-state index in [1.165, 1.54) is 0 Å². The molecule has 1 unspecified atom stereocenters. The van der Waals surface area contributed by atoms with Crippen molar-refractivity contribution in [3.8, 4) is 6.07 Å². The third-order valence-electron chi connectivity index (χ3n) is 6.92. The first-order chi connectivity index (χ1) is 16.1. The average molecular weight is 466 g/mol. The van der Waals surface area contributed by atoms with E-state index in [4.69, 9.17) is 16.6 Å². The highest BCUT2D eigenvalue weighted by Crippen LogP contribution is 2.43. The van der Waals surface area contributed by atoms with Crippen LogP contribution in [0.3, 0.4) is 0 Å². The predicted octanol–water partition coefficient (Wildman–Crippen LogP) is 3.28. The fourth-order valence-electron chi connectivity index (χ4n) is 4.94. The van der Waals surface area contributed by atoms with Gasteiger partial charge < -0.3 is 14.9 Å². The van der Waals surface area contributed by atoms with E-state index >= 15 is 0 Å². The molecular formula is C25H28ClN5O2. The van der Waals surface area contributed by atoms with Gasteiger partial charge in [-0.3, -0.25) is 4.79 Å². The second-order valence-electron chi connectivity index (χ2n) is 9.37. The lowest BCUT2D eigenvalue weighted by Crippen LogP contribution is -2.56. The normalized spacial score (nSPS) is 20.6. The topological polar surface area (TPSA) is 93.4 Å². The number of carbonyl (C=O) groups excluding carboxylic acids is 1. The highest BCUT2D eigenvalue weighted by atomic mass is 35.5. The number of aromatic nitrogens is 2. The van der Waals surface area contributed by atoms with Crippen molar-refractivity contribution in [3.63, 3.8) is 0 Å². The molecule has 172 valence electrons. The number of anilines is 1. The molecule has 1 saturated heterocycles. The number of hydrogen-bond donors (Lipinski definition) is 1. The minimum Gasteiger partial charge on any atom is -0.396 e. The fraction of sp³-hybridized carbons (Fsp3) is 0.520.